The van der Waals surface area contributed by atoms with Gasteiger partial charge in [-0.05, 0) is 19.1 Å². The Bertz CT molecular complexity index is 329. The molecular weight excluding hydrogens is 192 g/mol. The van der Waals surface area contributed by atoms with Crippen molar-refractivity contribution < 1.29 is 8.39 Å². The Morgan fingerprint density at radius 3 is 2.50 bits per heavy atom. The van der Waals surface area contributed by atoms with Crippen LogP contribution in [0.5, 0.6) is 0 Å². The van der Waals surface area contributed by atoms with E-state index in [-0.39, 0.29) is 0 Å². The first-order valence-corrected chi connectivity index (χ1v) is 6.02. The van der Waals surface area contributed by atoms with Crippen molar-refractivity contribution in [3.8, 4) is 0 Å². The van der Waals surface area contributed by atoms with E-state index in [2.05, 4.69) is 0 Å². The van der Waals surface area contributed by atoms with Gasteiger partial charge in [0.15, 0.2) is 8.77 Å². The Labute approximate surface area is 77.4 Å². The van der Waals surface area contributed by atoms with Crippen molar-refractivity contribution in [1.29, 1.82) is 0 Å². The lowest BCUT2D eigenvalue weighted by Crippen LogP contribution is -2.03. The third kappa shape index (κ3) is 2.27. The number of rotatable bonds is 3. The summed E-state index contributed by atoms with van der Waals surface area (Å²) in [5, 5.41) is 0. The molecule has 0 spiro atoms. The van der Waals surface area contributed by atoms with E-state index in [0.29, 0.717) is 11.5 Å². The van der Waals surface area contributed by atoms with Crippen LogP contribution in [0.4, 0.5) is 0 Å². The Balaban J connectivity index is 2.99. The molecule has 2 nitrogen and oxygen atoms in total. The van der Waals surface area contributed by atoms with Crippen LogP contribution in [0, 0.1) is 0 Å². The molecule has 0 amide bonds. The average Bonchev–Trinajstić information content (AvgIpc) is 2.06. The summed E-state index contributed by atoms with van der Waals surface area (Å²) >= 11 is 4.81. The molecule has 12 heavy (non-hydrogen) atoms. The van der Waals surface area contributed by atoms with E-state index in [4.69, 9.17) is 15.4 Å². The van der Waals surface area contributed by atoms with Crippen molar-refractivity contribution >= 4 is 20.0 Å². The zero-order valence-corrected chi connectivity index (χ0v) is 8.36. The molecule has 1 aromatic rings. The third-order valence-electron chi connectivity index (χ3n) is 1.30. The number of hydrogen-bond acceptors (Lipinski definition) is 3. The van der Waals surface area contributed by atoms with Crippen molar-refractivity contribution in [2.24, 2.45) is 0 Å². The minimum Gasteiger partial charge on any atom is -0.287 e. The molecule has 0 saturated carbocycles. The fraction of sp³-hybridized carbons (Fsp3) is 0.250. The zero-order valence-electron chi connectivity index (χ0n) is 6.73. The van der Waals surface area contributed by atoms with Crippen LogP contribution in [-0.4, -0.2) is 10.8 Å². The van der Waals surface area contributed by atoms with Crippen LogP contribution in [0.2, 0.25) is 0 Å². The topological polar surface area (TPSA) is 26.3 Å². The Kier molecular flexibility index (Phi) is 3.20. The Hall–Kier alpha value is -0.450. The highest BCUT2D eigenvalue weighted by atomic mass is 32.8. The fourth-order valence-corrected chi connectivity index (χ4v) is 2.37. The Morgan fingerprint density at radius 1 is 1.42 bits per heavy atom. The summed E-state index contributed by atoms with van der Waals surface area (Å²) < 4.78 is 16.5. The van der Waals surface area contributed by atoms with Crippen LogP contribution in [0.1, 0.15) is 6.92 Å². The lowest BCUT2D eigenvalue weighted by Gasteiger charge is -2.04. The molecule has 0 saturated heterocycles. The van der Waals surface area contributed by atoms with Gasteiger partial charge in [-0.15, -0.1) is 0 Å². The van der Waals surface area contributed by atoms with Crippen molar-refractivity contribution in [3.63, 3.8) is 0 Å². The first kappa shape index (κ1) is 9.64. The van der Waals surface area contributed by atoms with Crippen molar-refractivity contribution in [3.05, 3.63) is 30.3 Å². The fourth-order valence-electron chi connectivity index (χ4n) is 0.810. The highest BCUT2D eigenvalue weighted by Gasteiger charge is 2.07. The summed E-state index contributed by atoms with van der Waals surface area (Å²) in [6.07, 6.45) is 0. The molecular formula is C8H10O2S2. The molecule has 1 aromatic carbocycles. The summed E-state index contributed by atoms with van der Waals surface area (Å²) in [6.45, 7) is 2.14. The standard InChI is InChI=1S/C8H10O2S2/c1-2-10-12(9,11)8-6-4-3-5-7-8/h3-7H,2H2,1H3. The lowest BCUT2D eigenvalue weighted by atomic mass is 10.4. The summed E-state index contributed by atoms with van der Waals surface area (Å²) in [4.78, 5) is 0.571. The molecule has 0 bridgehead atoms. The quantitative estimate of drug-likeness (QED) is 0.747. The van der Waals surface area contributed by atoms with Crippen LogP contribution in [-0.2, 0) is 24.1 Å². The van der Waals surface area contributed by atoms with Gasteiger partial charge < -0.3 is 0 Å². The van der Waals surface area contributed by atoms with E-state index in [1.165, 1.54) is 0 Å². The average molecular weight is 202 g/mol. The van der Waals surface area contributed by atoms with Gasteiger partial charge in [-0.2, -0.15) is 0 Å². The molecule has 0 radical (unpaired) electrons. The molecule has 0 aromatic heterocycles. The highest BCUT2D eigenvalue weighted by Crippen LogP contribution is 2.11. The van der Waals surface area contributed by atoms with Gasteiger partial charge in [0.1, 0.15) is 0 Å². The first-order valence-electron chi connectivity index (χ1n) is 3.61. The predicted molar refractivity (Wildman–Crippen MR) is 51.8 cm³/mol. The van der Waals surface area contributed by atoms with Crippen molar-refractivity contribution in [2.75, 3.05) is 6.61 Å². The maximum Gasteiger partial charge on any atom is 0.173 e. The van der Waals surface area contributed by atoms with Crippen LogP contribution >= 0.6 is 0 Å². The maximum atomic E-state index is 11.6. The van der Waals surface area contributed by atoms with Gasteiger partial charge >= 0.3 is 0 Å². The van der Waals surface area contributed by atoms with Gasteiger partial charge in [0, 0.05) is 11.2 Å². The van der Waals surface area contributed by atoms with Gasteiger partial charge in [0.25, 0.3) is 0 Å². The number of hydrogen-bond donors (Lipinski definition) is 0. The smallest absolute Gasteiger partial charge is 0.173 e. The maximum absolute atomic E-state index is 11.6. The van der Waals surface area contributed by atoms with Gasteiger partial charge in [0.05, 0.1) is 11.5 Å². The molecule has 0 N–H and O–H groups in total. The van der Waals surface area contributed by atoms with E-state index < -0.39 is 8.77 Å². The van der Waals surface area contributed by atoms with Crippen molar-refractivity contribution in [2.45, 2.75) is 11.8 Å². The summed E-state index contributed by atoms with van der Waals surface area (Å²) in [5.41, 5.74) is 0. The summed E-state index contributed by atoms with van der Waals surface area (Å²) in [7, 11) is -2.68. The van der Waals surface area contributed by atoms with E-state index in [0.717, 1.165) is 0 Å². The van der Waals surface area contributed by atoms with Gasteiger partial charge in [-0.3, -0.25) is 4.18 Å². The monoisotopic (exact) mass is 202 g/mol. The van der Waals surface area contributed by atoms with Crippen molar-refractivity contribution in [1.82, 2.24) is 0 Å². The molecule has 0 aliphatic carbocycles. The molecule has 1 unspecified atom stereocenters. The molecule has 0 heterocycles. The van der Waals surface area contributed by atoms with E-state index in [1.54, 1.807) is 31.2 Å². The first-order chi connectivity index (χ1) is 5.67. The molecule has 1 atom stereocenters. The molecule has 1 rings (SSSR count). The molecule has 0 aliphatic rings. The largest absolute Gasteiger partial charge is 0.287 e. The third-order valence-corrected chi connectivity index (χ3v) is 3.57. The molecule has 4 heteroatoms. The SMILES string of the molecule is CCOS(=O)(=S)c1ccccc1. The Morgan fingerprint density at radius 2 is 2.00 bits per heavy atom. The highest BCUT2D eigenvalue weighted by molar-refractivity contribution is 8.30. The molecule has 0 fully saturated rings. The van der Waals surface area contributed by atoms with Gasteiger partial charge in [-0.25, -0.2) is 4.21 Å². The van der Waals surface area contributed by atoms with Crippen LogP contribution in [0.3, 0.4) is 0 Å². The van der Waals surface area contributed by atoms with E-state index in [9.17, 15) is 4.21 Å². The summed E-state index contributed by atoms with van der Waals surface area (Å²) in [5.74, 6) is 0. The second kappa shape index (κ2) is 3.98. The van der Waals surface area contributed by atoms with Crippen LogP contribution in [0.15, 0.2) is 35.2 Å². The second-order valence-corrected chi connectivity index (χ2v) is 5.11. The second-order valence-electron chi connectivity index (χ2n) is 2.17. The number of benzene rings is 1. The van der Waals surface area contributed by atoms with Gasteiger partial charge in [0.2, 0.25) is 0 Å². The normalized spacial score (nSPS) is 15.4. The molecule has 0 aliphatic heterocycles. The van der Waals surface area contributed by atoms with E-state index in [1.807, 2.05) is 6.07 Å². The van der Waals surface area contributed by atoms with Gasteiger partial charge in [-0.1, -0.05) is 18.2 Å². The van der Waals surface area contributed by atoms with Crippen LogP contribution < -0.4 is 0 Å². The molecule has 66 valence electrons. The summed E-state index contributed by atoms with van der Waals surface area (Å²) in [6, 6.07) is 8.86. The van der Waals surface area contributed by atoms with E-state index >= 15 is 0 Å². The lowest BCUT2D eigenvalue weighted by molar-refractivity contribution is 0.370. The minimum absolute atomic E-state index is 0.372. The minimum atomic E-state index is -2.68. The predicted octanol–water partition coefficient (Wildman–Crippen LogP) is 1.74. The van der Waals surface area contributed by atoms with Crippen LogP contribution in [0.25, 0.3) is 0 Å². The zero-order chi connectivity index (χ0) is 9.03.